The van der Waals surface area contributed by atoms with Gasteiger partial charge in [-0.15, -0.1) is 11.3 Å². The number of hydrogen-bond donors (Lipinski definition) is 1. The topological polar surface area (TPSA) is 86.2 Å². The number of aryl methyl sites for hydroxylation is 2. The van der Waals surface area contributed by atoms with E-state index in [1.165, 1.54) is 0 Å². The number of epoxide rings is 1. The zero-order valence-electron chi connectivity index (χ0n) is 18.9. The van der Waals surface area contributed by atoms with Crippen molar-refractivity contribution in [3.05, 3.63) is 45.2 Å². The van der Waals surface area contributed by atoms with Gasteiger partial charge in [-0.1, -0.05) is 28.9 Å². The number of nitrogens with two attached hydrogens (primary N) is 1. The van der Waals surface area contributed by atoms with E-state index in [4.69, 9.17) is 36.3 Å². The Labute approximate surface area is 197 Å². The van der Waals surface area contributed by atoms with Gasteiger partial charge in [0.15, 0.2) is 12.1 Å². The number of thiophene rings is 1. The average molecular weight is 474 g/mol. The summed E-state index contributed by atoms with van der Waals surface area (Å²) in [6.45, 7) is 10.1. The molecule has 0 bridgehead atoms. The van der Waals surface area contributed by atoms with Crippen LogP contribution in [0.1, 0.15) is 61.5 Å². The summed E-state index contributed by atoms with van der Waals surface area (Å²) in [5.41, 5.74) is 11.0. The standard InChI is InChI=1S/C24H28ClN3O3S/c1-11-17-21(31-28-11)15(10-16-23(29-16)30-24(3,4)5)27-20(13-6-8-14(25)9-7-13)18-19(26)12(2)32-22(17)18/h6,8-9,13,15-16,23H,7,10,26H2,1-5H3/t13-,15+,16?,23+/m1/s1. The van der Waals surface area contributed by atoms with Gasteiger partial charge in [-0.3, -0.25) is 4.99 Å². The number of anilines is 1. The molecule has 1 aliphatic carbocycles. The Kier molecular flexibility index (Phi) is 5.36. The van der Waals surface area contributed by atoms with Crippen LogP contribution in [-0.4, -0.2) is 28.9 Å². The van der Waals surface area contributed by atoms with Crippen molar-refractivity contribution in [2.24, 2.45) is 10.9 Å². The molecule has 0 amide bonds. The summed E-state index contributed by atoms with van der Waals surface area (Å²) < 4.78 is 17.7. The van der Waals surface area contributed by atoms with Crippen LogP contribution < -0.4 is 5.73 Å². The number of aliphatic imine (C=N–C) groups is 1. The Morgan fingerprint density at radius 3 is 2.75 bits per heavy atom. The number of hydrogen-bond acceptors (Lipinski definition) is 7. The van der Waals surface area contributed by atoms with E-state index >= 15 is 0 Å². The van der Waals surface area contributed by atoms with Gasteiger partial charge < -0.3 is 19.7 Å². The third kappa shape index (κ3) is 3.96. The Bertz CT molecular complexity index is 1150. The maximum Gasteiger partial charge on any atom is 0.185 e. The first-order chi connectivity index (χ1) is 15.1. The fourth-order valence-electron chi connectivity index (χ4n) is 4.37. The van der Waals surface area contributed by atoms with Crippen molar-refractivity contribution in [2.45, 2.75) is 71.5 Å². The van der Waals surface area contributed by atoms with Gasteiger partial charge in [0.1, 0.15) is 12.1 Å². The number of rotatable bonds is 4. The van der Waals surface area contributed by atoms with E-state index in [-0.39, 0.29) is 30.0 Å². The molecule has 6 nitrogen and oxygen atoms in total. The highest BCUT2D eigenvalue weighted by molar-refractivity contribution is 7.16. The van der Waals surface area contributed by atoms with Crippen molar-refractivity contribution >= 4 is 34.3 Å². The SMILES string of the molecule is Cc1noc2c1-c1sc(C)c(N)c1C([C@@H]1C=CC(Cl)=CC1)=N[C@H]2CC1O[C@H]1OC(C)(C)C. The monoisotopic (exact) mass is 473 g/mol. The minimum Gasteiger partial charge on any atom is -0.397 e. The molecule has 2 aromatic heterocycles. The van der Waals surface area contributed by atoms with E-state index in [2.05, 4.69) is 11.2 Å². The maximum atomic E-state index is 6.61. The number of fused-ring (bicyclic) bond motifs is 3. The van der Waals surface area contributed by atoms with Crippen LogP contribution in [0.2, 0.25) is 0 Å². The predicted molar refractivity (Wildman–Crippen MR) is 128 cm³/mol. The molecule has 1 saturated heterocycles. The summed E-state index contributed by atoms with van der Waals surface area (Å²) >= 11 is 7.88. The molecular weight excluding hydrogens is 446 g/mol. The van der Waals surface area contributed by atoms with Crippen LogP contribution in [0.15, 0.2) is 32.8 Å². The van der Waals surface area contributed by atoms with Gasteiger partial charge in [0, 0.05) is 27.8 Å². The van der Waals surface area contributed by atoms with Gasteiger partial charge in [-0.25, -0.2) is 0 Å². The van der Waals surface area contributed by atoms with Crippen molar-refractivity contribution in [3.63, 3.8) is 0 Å². The lowest BCUT2D eigenvalue weighted by Crippen LogP contribution is -2.22. The first kappa shape index (κ1) is 21.9. The number of allylic oxidation sites excluding steroid dienone is 4. The predicted octanol–water partition coefficient (Wildman–Crippen LogP) is 6.07. The molecule has 1 fully saturated rings. The zero-order chi connectivity index (χ0) is 22.8. The fraction of sp³-hybridized carbons (Fsp3) is 0.500. The van der Waals surface area contributed by atoms with Crippen LogP contribution in [0.5, 0.6) is 0 Å². The molecule has 5 rings (SSSR count). The lowest BCUT2D eigenvalue weighted by Gasteiger charge is -2.19. The molecule has 0 radical (unpaired) electrons. The van der Waals surface area contributed by atoms with Crippen molar-refractivity contribution in [2.75, 3.05) is 5.73 Å². The molecule has 32 heavy (non-hydrogen) atoms. The summed E-state index contributed by atoms with van der Waals surface area (Å²) in [6.07, 6.45) is 7.28. The summed E-state index contributed by atoms with van der Waals surface area (Å²) in [4.78, 5) is 7.42. The van der Waals surface area contributed by atoms with Crippen LogP contribution >= 0.6 is 22.9 Å². The Balaban J connectivity index is 1.57. The number of aromatic nitrogens is 1. The summed E-state index contributed by atoms with van der Waals surface area (Å²) in [6, 6.07) is -0.228. The van der Waals surface area contributed by atoms with Crippen molar-refractivity contribution in [1.82, 2.24) is 5.16 Å². The second-order valence-electron chi connectivity index (χ2n) is 9.61. The van der Waals surface area contributed by atoms with Gasteiger partial charge in [0.05, 0.1) is 33.1 Å². The van der Waals surface area contributed by atoms with Gasteiger partial charge in [0.25, 0.3) is 0 Å². The lowest BCUT2D eigenvalue weighted by molar-refractivity contribution is -0.0570. The third-order valence-corrected chi connectivity index (χ3v) is 7.39. The van der Waals surface area contributed by atoms with Gasteiger partial charge in [-0.2, -0.15) is 0 Å². The number of nitrogen functional groups attached to an aromatic ring is 1. The first-order valence-corrected chi connectivity index (χ1v) is 12.1. The molecule has 2 N–H and O–H groups in total. The van der Waals surface area contributed by atoms with Crippen LogP contribution in [0.25, 0.3) is 10.4 Å². The third-order valence-electron chi connectivity index (χ3n) is 5.97. The molecule has 2 aromatic rings. The Morgan fingerprint density at radius 1 is 1.28 bits per heavy atom. The normalized spacial score (nSPS) is 26.8. The van der Waals surface area contributed by atoms with Crippen molar-refractivity contribution < 1.29 is 14.0 Å². The molecule has 0 saturated carbocycles. The first-order valence-electron chi connectivity index (χ1n) is 10.9. The fourth-order valence-corrected chi connectivity index (χ4v) is 5.72. The molecule has 8 heteroatoms. The highest BCUT2D eigenvalue weighted by Gasteiger charge is 2.46. The maximum absolute atomic E-state index is 6.61. The van der Waals surface area contributed by atoms with E-state index in [1.54, 1.807) is 11.3 Å². The van der Waals surface area contributed by atoms with Crippen LogP contribution in [0.4, 0.5) is 5.69 Å². The Hall–Kier alpha value is -1.93. The second-order valence-corrected chi connectivity index (χ2v) is 11.3. The smallest absolute Gasteiger partial charge is 0.185 e. The molecular formula is C24H28ClN3O3S. The molecule has 170 valence electrons. The van der Waals surface area contributed by atoms with E-state index in [9.17, 15) is 0 Å². The highest BCUT2D eigenvalue weighted by Crippen LogP contribution is 2.49. The minimum absolute atomic E-state index is 0.0334. The largest absolute Gasteiger partial charge is 0.397 e. The number of nitrogens with zero attached hydrogens (tertiary/aromatic N) is 2. The van der Waals surface area contributed by atoms with Crippen LogP contribution in [0, 0.1) is 19.8 Å². The van der Waals surface area contributed by atoms with E-state index in [1.807, 2.05) is 46.8 Å². The number of ether oxygens (including phenoxy) is 2. The molecule has 4 atom stereocenters. The molecule has 4 heterocycles. The highest BCUT2D eigenvalue weighted by atomic mass is 35.5. The quantitative estimate of drug-likeness (QED) is 0.544. The van der Waals surface area contributed by atoms with E-state index in [0.29, 0.717) is 6.42 Å². The summed E-state index contributed by atoms with van der Waals surface area (Å²) in [5, 5.41) is 5.04. The second kappa shape index (κ2) is 7.83. The molecule has 3 aliphatic rings. The summed E-state index contributed by atoms with van der Waals surface area (Å²) in [7, 11) is 0. The van der Waals surface area contributed by atoms with Crippen LogP contribution in [-0.2, 0) is 9.47 Å². The van der Waals surface area contributed by atoms with Crippen LogP contribution in [0.3, 0.4) is 0 Å². The lowest BCUT2D eigenvalue weighted by atomic mass is 9.89. The minimum atomic E-state index is -0.264. The van der Waals surface area contributed by atoms with Gasteiger partial charge in [-0.05, 0) is 47.1 Å². The van der Waals surface area contributed by atoms with E-state index < -0.39 is 0 Å². The summed E-state index contributed by atoms with van der Waals surface area (Å²) in [5.74, 6) is 0.868. The van der Waals surface area contributed by atoms with Gasteiger partial charge in [0.2, 0.25) is 0 Å². The van der Waals surface area contributed by atoms with Crippen molar-refractivity contribution in [3.8, 4) is 10.4 Å². The molecule has 0 spiro atoms. The zero-order valence-corrected chi connectivity index (χ0v) is 20.5. The number of halogens is 1. The molecule has 2 aliphatic heterocycles. The van der Waals surface area contributed by atoms with Gasteiger partial charge >= 0.3 is 0 Å². The average Bonchev–Trinajstić information content (AvgIpc) is 3.23. The van der Waals surface area contributed by atoms with E-state index in [0.717, 1.165) is 55.2 Å². The Morgan fingerprint density at radius 2 is 2.06 bits per heavy atom. The molecule has 0 aromatic carbocycles. The van der Waals surface area contributed by atoms with Crippen molar-refractivity contribution in [1.29, 1.82) is 0 Å². The molecule has 1 unspecified atom stereocenters.